The minimum absolute atomic E-state index is 0.0495. The third kappa shape index (κ3) is 2.43. The number of ether oxygens (including phenoxy) is 2. The number of rotatable bonds is 2. The van der Waals surface area contributed by atoms with E-state index in [4.69, 9.17) is 13.9 Å². The largest absolute Gasteiger partial charge is 0.490 e. The molecule has 1 aromatic heterocycles. The first-order chi connectivity index (χ1) is 9.63. The van der Waals surface area contributed by atoms with Crippen LogP contribution in [0.15, 0.2) is 21.5 Å². The van der Waals surface area contributed by atoms with Gasteiger partial charge in [0.15, 0.2) is 5.76 Å². The first-order valence-corrected chi connectivity index (χ1v) is 6.67. The van der Waals surface area contributed by atoms with Gasteiger partial charge in [0, 0.05) is 24.6 Å². The number of hydrogen-bond acceptors (Lipinski definition) is 5. The van der Waals surface area contributed by atoms with Crippen molar-refractivity contribution in [1.82, 2.24) is 4.90 Å². The maximum Gasteiger partial charge on any atom is 0.289 e. The number of carbonyl (C=O) groups is 1. The highest BCUT2D eigenvalue weighted by Crippen LogP contribution is 2.47. The lowest BCUT2D eigenvalue weighted by molar-refractivity contribution is 0.0699. The number of hydrogen-bond donors (Lipinski definition) is 0. The second-order valence-corrected chi connectivity index (χ2v) is 5.46. The Labute approximate surface area is 116 Å². The summed E-state index contributed by atoms with van der Waals surface area (Å²) in [7, 11) is 1.39. The molecule has 0 unspecified atom stereocenters. The molecule has 0 bridgehead atoms. The fourth-order valence-corrected chi connectivity index (χ4v) is 2.46. The van der Waals surface area contributed by atoms with Crippen LogP contribution in [0.1, 0.15) is 23.4 Å². The van der Waals surface area contributed by atoms with Gasteiger partial charge in [0.05, 0.1) is 20.3 Å². The lowest BCUT2D eigenvalue weighted by Crippen LogP contribution is -2.36. The molecule has 1 amide bonds. The van der Waals surface area contributed by atoms with Crippen LogP contribution in [0.2, 0.25) is 0 Å². The Kier molecular flexibility index (Phi) is 3.25. The molecule has 2 heterocycles. The Morgan fingerprint density at radius 1 is 1.45 bits per heavy atom. The number of amides is 1. The van der Waals surface area contributed by atoms with E-state index in [1.54, 1.807) is 4.90 Å². The van der Waals surface area contributed by atoms with Gasteiger partial charge < -0.3 is 18.8 Å². The molecular weight excluding hydrogens is 262 g/mol. The van der Waals surface area contributed by atoms with Crippen molar-refractivity contribution in [2.24, 2.45) is 5.41 Å². The van der Waals surface area contributed by atoms with Crippen LogP contribution in [0.4, 0.5) is 0 Å². The molecule has 1 aliphatic carbocycles. The molecular formula is C14H17NO5. The maximum absolute atomic E-state index is 12.4. The van der Waals surface area contributed by atoms with Gasteiger partial charge in [-0.25, -0.2) is 0 Å². The van der Waals surface area contributed by atoms with Crippen molar-refractivity contribution in [2.75, 3.05) is 33.4 Å². The molecule has 6 heteroatoms. The molecule has 2 fully saturated rings. The molecule has 3 rings (SSSR count). The van der Waals surface area contributed by atoms with E-state index in [0.717, 1.165) is 12.8 Å². The van der Waals surface area contributed by atoms with Crippen LogP contribution in [-0.4, -0.2) is 44.2 Å². The third-order valence-electron chi connectivity index (χ3n) is 3.91. The number of nitrogens with zero attached hydrogens (tertiary/aromatic N) is 1. The summed E-state index contributed by atoms with van der Waals surface area (Å²) < 4.78 is 15.6. The van der Waals surface area contributed by atoms with Crippen molar-refractivity contribution in [3.05, 3.63) is 28.3 Å². The lowest BCUT2D eigenvalue weighted by atomic mass is 10.1. The van der Waals surface area contributed by atoms with Gasteiger partial charge in [-0.15, -0.1) is 0 Å². The van der Waals surface area contributed by atoms with Gasteiger partial charge in [0.2, 0.25) is 11.2 Å². The van der Waals surface area contributed by atoms with Crippen molar-refractivity contribution in [3.63, 3.8) is 0 Å². The van der Waals surface area contributed by atoms with Gasteiger partial charge in [-0.3, -0.25) is 9.59 Å². The molecule has 1 saturated heterocycles. The molecule has 1 aromatic rings. The molecule has 2 aliphatic rings. The van der Waals surface area contributed by atoms with E-state index in [-0.39, 0.29) is 28.3 Å². The Morgan fingerprint density at radius 3 is 2.90 bits per heavy atom. The fourth-order valence-electron chi connectivity index (χ4n) is 2.46. The zero-order valence-electron chi connectivity index (χ0n) is 11.4. The highest BCUT2D eigenvalue weighted by Gasteiger charge is 2.46. The molecule has 0 atom stereocenters. The van der Waals surface area contributed by atoms with Gasteiger partial charge in [-0.05, 0) is 12.8 Å². The topological polar surface area (TPSA) is 69.0 Å². The quantitative estimate of drug-likeness (QED) is 0.804. The van der Waals surface area contributed by atoms with E-state index in [1.807, 2.05) is 0 Å². The predicted molar refractivity (Wildman–Crippen MR) is 69.9 cm³/mol. The minimum atomic E-state index is -0.352. The SMILES string of the molecule is COc1coc(C(=O)N2CCOCC3(CC3)C2)cc1=O. The monoisotopic (exact) mass is 279 g/mol. The van der Waals surface area contributed by atoms with Crippen LogP contribution in [0.5, 0.6) is 5.75 Å². The van der Waals surface area contributed by atoms with Crippen LogP contribution in [-0.2, 0) is 4.74 Å². The Bertz CT molecular complexity index is 575. The average Bonchev–Trinajstić information content (AvgIpc) is 3.25. The van der Waals surface area contributed by atoms with Crippen molar-refractivity contribution in [1.29, 1.82) is 0 Å². The van der Waals surface area contributed by atoms with Crippen molar-refractivity contribution in [2.45, 2.75) is 12.8 Å². The van der Waals surface area contributed by atoms with E-state index >= 15 is 0 Å². The van der Waals surface area contributed by atoms with E-state index in [1.165, 1.54) is 19.4 Å². The smallest absolute Gasteiger partial charge is 0.289 e. The number of carbonyl (C=O) groups excluding carboxylic acids is 1. The van der Waals surface area contributed by atoms with Crippen LogP contribution in [0.3, 0.4) is 0 Å². The third-order valence-corrected chi connectivity index (χ3v) is 3.91. The Hall–Kier alpha value is -1.82. The molecule has 108 valence electrons. The summed E-state index contributed by atoms with van der Waals surface area (Å²) in [6.45, 7) is 2.43. The highest BCUT2D eigenvalue weighted by molar-refractivity contribution is 5.91. The van der Waals surface area contributed by atoms with E-state index in [0.29, 0.717) is 26.3 Å². The van der Waals surface area contributed by atoms with E-state index < -0.39 is 0 Å². The highest BCUT2D eigenvalue weighted by atomic mass is 16.5. The van der Waals surface area contributed by atoms with Crippen LogP contribution in [0, 0.1) is 5.41 Å². The van der Waals surface area contributed by atoms with Crippen LogP contribution in [0.25, 0.3) is 0 Å². The zero-order valence-corrected chi connectivity index (χ0v) is 11.4. The lowest BCUT2D eigenvalue weighted by Gasteiger charge is -2.22. The second-order valence-electron chi connectivity index (χ2n) is 5.46. The predicted octanol–water partition coefficient (Wildman–Crippen LogP) is 0.901. The Morgan fingerprint density at radius 2 is 2.25 bits per heavy atom. The van der Waals surface area contributed by atoms with Gasteiger partial charge >= 0.3 is 0 Å². The molecule has 0 aromatic carbocycles. The van der Waals surface area contributed by atoms with Gasteiger partial charge in [-0.2, -0.15) is 0 Å². The normalized spacial score (nSPS) is 20.6. The number of methoxy groups -OCH3 is 1. The van der Waals surface area contributed by atoms with E-state index in [9.17, 15) is 9.59 Å². The molecule has 1 saturated carbocycles. The van der Waals surface area contributed by atoms with Gasteiger partial charge in [0.25, 0.3) is 5.91 Å². The van der Waals surface area contributed by atoms with Gasteiger partial charge in [0.1, 0.15) is 6.26 Å². The average molecular weight is 279 g/mol. The van der Waals surface area contributed by atoms with E-state index in [2.05, 4.69) is 0 Å². The summed E-state index contributed by atoms with van der Waals surface area (Å²) >= 11 is 0. The second kappa shape index (κ2) is 4.94. The van der Waals surface area contributed by atoms with Crippen molar-refractivity contribution >= 4 is 5.91 Å². The molecule has 1 aliphatic heterocycles. The molecule has 6 nitrogen and oxygen atoms in total. The summed E-state index contributed by atoms with van der Waals surface area (Å²) in [6, 6.07) is 1.19. The summed E-state index contributed by atoms with van der Waals surface area (Å²) in [4.78, 5) is 25.8. The summed E-state index contributed by atoms with van der Waals surface area (Å²) in [5.41, 5.74) is -0.229. The summed E-state index contributed by atoms with van der Waals surface area (Å²) in [5.74, 6) is -0.116. The molecule has 20 heavy (non-hydrogen) atoms. The molecule has 0 N–H and O–H groups in total. The Balaban J connectivity index is 1.80. The summed E-state index contributed by atoms with van der Waals surface area (Å²) in [6.07, 6.45) is 3.35. The molecule has 1 spiro atoms. The van der Waals surface area contributed by atoms with Crippen LogP contribution < -0.4 is 10.2 Å². The fraction of sp³-hybridized carbons (Fsp3) is 0.571. The van der Waals surface area contributed by atoms with Crippen molar-refractivity contribution in [3.8, 4) is 5.75 Å². The standard InChI is InChI=1S/C14H17NO5/c1-18-12-7-20-11(6-10(12)16)13(17)15-4-5-19-9-14(8-15)2-3-14/h6-7H,2-5,8-9H2,1H3. The van der Waals surface area contributed by atoms with Crippen LogP contribution >= 0.6 is 0 Å². The van der Waals surface area contributed by atoms with Gasteiger partial charge in [-0.1, -0.05) is 0 Å². The van der Waals surface area contributed by atoms with Crippen molar-refractivity contribution < 1.29 is 18.7 Å². The maximum atomic E-state index is 12.4. The first-order valence-electron chi connectivity index (χ1n) is 6.67. The first kappa shape index (κ1) is 13.2. The molecule has 0 radical (unpaired) electrons. The summed E-state index contributed by atoms with van der Waals surface area (Å²) in [5, 5.41) is 0. The minimum Gasteiger partial charge on any atom is -0.490 e. The zero-order chi connectivity index (χ0) is 14.2.